The molecular weight excluding hydrogens is 222 g/mol. The van der Waals surface area contributed by atoms with Crippen LogP contribution in [-0.2, 0) is 9.53 Å². The van der Waals surface area contributed by atoms with Gasteiger partial charge >= 0.3 is 6.09 Å². The summed E-state index contributed by atoms with van der Waals surface area (Å²) in [6.07, 6.45) is -0.672. The molecule has 0 radical (unpaired) electrons. The molecule has 1 rings (SSSR count). The van der Waals surface area contributed by atoms with Gasteiger partial charge in [0.1, 0.15) is 0 Å². The molecule has 0 aromatic rings. The first-order chi connectivity index (χ1) is 8.01. The Morgan fingerprint density at radius 2 is 1.94 bits per heavy atom. The highest BCUT2D eigenvalue weighted by Crippen LogP contribution is 2.03. The van der Waals surface area contributed by atoms with E-state index in [2.05, 4.69) is 29.2 Å². The first-order valence-corrected chi connectivity index (χ1v) is 5.96. The molecule has 2 unspecified atom stereocenters. The number of ether oxygens (including phenoxy) is 1. The molecule has 1 saturated heterocycles. The molecule has 0 saturated carbocycles. The van der Waals surface area contributed by atoms with Crippen LogP contribution in [0.15, 0.2) is 0 Å². The average Bonchev–Trinajstić information content (AvgIpc) is 2.14. The van der Waals surface area contributed by atoms with E-state index in [1.54, 1.807) is 6.92 Å². The molecule has 1 heterocycles. The summed E-state index contributed by atoms with van der Waals surface area (Å²) in [7, 11) is 0. The molecule has 1 aliphatic rings. The SMILES string of the molecule is CCOC(=O)NC(=O)CN1CC(C)NC(C)C1. The van der Waals surface area contributed by atoms with Crippen LogP contribution in [0.1, 0.15) is 20.8 Å². The van der Waals surface area contributed by atoms with Crippen LogP contribution in [0.4, 0.5) is 4.79 Å². The largest absolute Gasteiger partial charge is 0.450 e. The summed E-state index contributed by atoms with van der Waals surface area (Å²) in [6, 6.07) is 0.711. The molecule has 2 amide bonds. The van der Waals surface area contributed by atoms with Gasteiger partial charge in [0.15, 0.2) is 0 Å². The van der Waals surface area contributed by atoms with Gasteiger partial charge in [0, 0.05) is 25.2 Å². The second-order valence-electron chi connectivity index (χ2n) is 4.43. The monoisotopic (exact) mass is 243 g/mol. The lowest BCUT2D eigenvalue weighted by atomic mass is 10.1. The van der Waals surface area contributed by atoms with Gasteiger partial charge in [-0.25, -0.2) is 4.79 Å². The zero-order valence-corrected chi connectivity index (χ0v) is 10.7. The standard InChI is InChI=1S/C11H21N3O3/c1-4-17-11(16)13-10(15)7-14-5-8(2)12-9(3)6-14/h8-9,12H,4-7H2,1-3H3,(H,13,15,16). The van der Waals surface area contributed by atoms with E-state index < -0.39 is 6.09 Å². The van der Waals surface area contributed by atoms with Crippen molar-refractivity contribution in [3.8, 4) is 0 Å². The lowest BCUT2D eigenvalue weighted by Crippen LogP contribution is -2.56. The Labute approximate surface area is 102 Å². The highest BCUT2D eigenvalue weighted by molar-refractivity contribution is 5.92. The average molecular weight is 243 g/mol. The summed E-state index contributed by atoms with van der Waals surface area (Å²) < 4.78 is 4.64. The molecule has 0 spiro atoms. The van der Waals surface area contributed by atoms with Crippen molar-refractivity contribution in [2.75, 3.05) is 26.2 Å². The van der Waals surface area contributed by atoms with Crippen LogP contribution in [0, 0.1) is 0 Å². The van der Waals surface area contributed by atoms with Crippen LogP contribution >= 0.6 is 0 Å². The van der Waals surface area contributed by atoms with Crippen LogP contribution in [0.5, 0.6) is 0 Å². The van der Waals surface area contributed by atoms with Gasteiger partial charge in [-0.3, -0.25) is 15.0 Å². The van der Waals surface area contributed by atoms with Gasteiger partial charge in [0.05, 0.1) is 13.2 Å². The maximum Gasteiger partial charge on any atom is 0.413 e. The number of nitrogens with one attached hydrogen (secondary N) is 2. The predicted octanol–water partition coefficient (Wildman–Crippen LogP) is -0.0587. The highest BCUT2D eigenvalue weighted by Gasteiger charge is 2.23. The predicted molar refractivity (Wildman–Crippen MR) is 63.7 cm³/mol. The second kappa shape index (κ2) is 6.56. The Bertz CT molecular complexity index is 273. The van der Waals surface area contributed by atoms with Gasteiger partial charge in [-0.15, -0.1) is 0 Å². The van der Waals surface area contributed by atoms with E-state index in [1.807, 2.05) is 4.90 Å². The smallest absolute Gasteiger partial charge is 0.413 e. The number of piperazine rings is 1. The Balaban J connectivity index is 2.32. The van der Waals surface area contributed by atoms with Crippen molar-refractivity contribution in [2.24, 2.45) is 0 Å². The van der Waals surface area contributed by atoms with Crippen molar-refractivity contribution in [1.82, 2.24) is 15.5 Å². The van der Waals surface area contributed by atoms with Crippen molar-refractivity contribution in [2.45, 2.75) is 32.9 Å². The van der Waals surface area contributed by atoms with Gasteiger partial charge in [-0.2, -0.15) is 0 Å². The molecule has 2 atom stereocenters. The van der Waals surface area contributed by atoms with Gasteiger partial charge in [-0.1, -0.05) is 0 Å². The fourth-order valence-electron chi connectivity index (χ4n) is 2.09. The van der Waals surface area contributed by atoms with Crippen LogP contribution in [0.25, 0.3) is 0 Å². The van der Waals surface area contributed by atoms with E-state index in [0.29, 0.717) is 12.1 Å². The van der Waals surface area contributed by atoms with Crippen LogP contribution in [0.3, 0.4) is 0 Å². The molecule has 0 aromatic carbocycles. The lowest BCUT2D eigenvalue weighted by Gasteiger charge is -2.35. The fourth-order valence-corrected chi connectivity index (χ4v) is 2.09. The number of amides is 2. The molecule has 6 heteroatoms. The third-order valence-corrected chi connectivity index (χ3v) is 2.52. The van der Waals surface area contributed by atoms with Crippen molar-refractivity contribution in [1.29, 1.82) is 0 Å². The Kier molecular flexibility index (Phi) is 5.37. The minimum absolute atomic E-state index is 0.231. The number of rotatable bonds is 3. The number of alkyl carbamates (subject to hydrolysis) is 1. The van der Waals surface area contributed by atoms with E-state index in [0.717, 1.165) is 13.1 Å². The number of hydrogen-bond donors (Lipinski definition) is 2. The highest BCUT2D eigenvalue weighted by atomic mass is 16.5. The van der Waals surface area contributed by atoms with E-state index >= 15 is 0 Å². The molecule has 6 nitrogen and oxygen atoms in total. The molecule has 2 N–H and O–H groups in total. The van der Waals surface area contributed by atoms with Crippen LogP contribution in [0.2, 0.25) is 0 Å². The zero-order chi connectivity index (χ0) is 12.8. The van der Waals surface area contributed by atoms with Crippen LogP contribution in [-0.4, -0.2) is 55.2 Å². The van der Waals surface area contributed by atoms with E-state index in [-0.39, 0.29) is 19.1 Å². The normalized spacial score (nSPS) is 25.4. The van der Waals surface area contributed by atoms with Crippen molar-refractivity contribution in [3.63, 3.8) is 0 Å². The molecule has 1 aliphatic heterocycles. The topological polar surface area (TPSA) is 70.7 Å². The number of imide groups is 1. The maximum atomic E-state index is 11.5. The van der Waals surface area contributed by atoms with Gasteiger partial charge in [0.25, 0.3) is 0 Å². The Morgan fingerprint density at radius 1 is 1.35 bits per heavy atom. The van der Waals surface area contributed by atoms with Crippen molar-refractivity contribution < 1.29 is 14.3 Å². The summed E-state index contributed by atoms with van der Waals surface area (Å²) in [4.78, 5) is 24.6. The molecule has 98 valence electrons. The third-order valence-electron chi connectivity index (χ3n) is 2.52. The first kappa shape index (κ1) is 13.9. The number of nitrogens with zero attached hydrogens (tertiary/aromatic N) is 1. The number of hydrogen-bond acceptors (Lipinski definition) is 5. The molecule has 0 bridgehead atoms. The first-order valence-electron chi connectivity index (χ1n) is 5.96. The number of carbonyl (C=O) groups is 2. The van der Waals surface area contributed by atoms with Gasteiger partial charge in [0.2, 0.25) is 5.91 Å². The van der Waals surface area contributed by atoms with Crippen LogP contribution < -0.4 is 10.6 Å². The quantitative estimate of drug-likeness (QED) is 0.727. The summed E-state index contributed by atoms with van der Waals surface area (Å²) >= 11 is 0. The van der Waals surface area contributed by atoms with E-state index in [1.165, 1.54) is 0 Å². The summed E-state index contributed by atoms with van der Waals surface area (Å²) in [5.74, 6) is -0.315. The van der Waals surface area contributed by atoms with Gasteiger partial charge < -0.3 is 10.1 Å². The third kappa shape index (κ3) is 5.14. The Morgan fingerprint density at radius 3 is 2.47 bits per heavy atom. The molecular formula is C11H21N3O3. The number of carbonyl (C=O) groups excluding carboxylic acids is 2. The van der Waals surface area contributed by atoms with Gasteiger partial charge in [-0.05, 0) is 20.8 Å². The lowest BCUT2D eigenvalue weighted by molar-refractivity contribution is -0.121. The Hall–Kier alpha value is -1.14. The summed E-state index contributed by atoms with van der Waals surface area (Å²) in [5.41, 5.74) is 0. The maximum absolute atomic E-state index is 11.5. The molecule has 0 aliphatic carbocycles. The molecule has 1 fully saturated rings. The minimum atomic E-state index is -0.672. The fraction of sp³-hybridized carbons (Fsp3) is 0.818. The van der Waals surface area contributed by atoms with Crippen molar-refractivity contribution >= 4 is 12.0 Å². The van der Waals surface area contributed by atoms with E-state index in [9.17, 15) is 9.59 Å². The van der Waals surface area contributed by atoms with E-state index in [4.69, 9.17) is 0 Å². The summed E-state index contributed by atoms with van der Waals surface area (Å²) in [5, 5.41) is 5.57. The molecule has 0 aromatic heterocycles. The molecule has 17 heavy (non-hydrogen) atoms. The zero-order valence-electron chi connectivity index (χ0n) is 10.7. The second-order valence-corrected chi connectivity index (χ2v) is 4.43. The summed E-state index contributed by atoms with van der Waals surface area (Å²) in [6.45, 7) is 7.96. The minimum Gasteiger partial charge on any atom is -0.450 e. The van der Waals surface area contributed by atoms with Crippen molar-refractivity contribution in [3.05, 3.63) is 0 Å².